The Morgan fingerprint density at radius 2 is 2.11 bits per heavy atom. The highest BCUT2D eigenvalue weighted by Gasteiger charge is 2.16. The molecule has 1 rings (SSSR count). The molecule has 0 heterocycles. The summed E-state index contributed by atoms with van der Waals surface area (Å²) >= 11 is 0. The molecule has 1 N–H and O–H groups in total. The summed E-state index contributed by atoms with van der Waals surface area (Å²) < 4.78 is 10.4. The smallest absolute Gasteiger partial charge is 0.322 e. The molecule has 4 nitrogen and oxygen atoms in total. The molecule has 0 radical (unpaired) electrons. The lowest BCUT2D eigenvalue weighted by molar-refractivity contribution is -0.143. The Hall–Kier alpha value is -1.55. The van der Waals surface area contributed by atoms with Crippen LogP contribution in [0.15, 0.2) is 18.2 Å². The number of hydrogen-bond donors (Lipinski definition) is 1. The van der Waals surface area contributed by atoms with E-state index < -0.39 is 0 Å². The molecule has 0 spiro atoms. The summed E-state index contributed by atoms with van der Waals surface area (Å²) in [5, 5.41) is 2.91. The van der Waals surface area contributed by atoms with Gasteiger partial charge in [-0.25, -0.2) is 0 Å². The lowest BCUT2D eigenvalue weighted by Crippen LogP contribution is -2.36. The summed E-state index contributed by atoms with van der Waals surface area (Å²) in [7, 11) is 3.12. The number of carbonyl (C=O) groups excluding carboxylic acids is 1. The van der Waals surface area contributed by atoms with Gasteiger partial charge >= 0.3 is 5.97 Å². The van der Waals surface area contributed by atoms with Crippen molar-refractivity contribution in [1.29, 1.82) is 0 Å². The summed E-state index contributed by atoms with van der Waals surface area (Å²) in [6.45, 7) is 4.51. The van der Waals surface area contributed by atoms with Crippen LogP contribution in [-0.4, -0.2) is 32.8 Å². The van der Waals surface area contributed by atoms with E-state index in [2.05, 4.69) is 5.32 Å². The van der Waals surface area contributed by atoms with Crippen molar-refractivity contribution >= 4 is 5.97 Å². The number of carbonyl (C=O) groups is 1. The maximum Gasteiger partial charge on any atom is 0.322 e. The highest BCUT2D eigenvalue weighted by molar-refractivity contribution is 5.75. The van der Waals surface area contributed by atoms with Crippen molar-refractivity contribution in [3.8, 4) is 5.75 Å². The summed E-state index contributed by atoms with van der Waals surface area (Å²) in [6, 6.07) is 5.76. The topological polar surface area (TPSA) is 47.6 Å². The highest BCUT2D eigenvalue weighted by atomic mass is 16.5. The second-order valence-corrected chi connectivity index (χ2v) is 4.27. The van der Waals surface area contributed by atoms with E-state index in [-0.39, 0.29) is 12.0 Å². The molecule has 0 aromatic heterocycles. The first-order valence-corrected chi connectivity index (χ1v) is 6.03. The van der Waals surface area contributed by atoms with Crippen LogP contribution in [0.4, 0.5) is 0 Å². The van der Waals surface area contributed by atoms with Crippen molar-refractivity contribution < 1.29 is 14.3 Å². The number of methoxy groups -OCH3 is 1. The highest BCUT2D eigenvalue weighted by Crippen LogP contribution is 2.19. The monoisotopic (exact) mass is 251 g/mol. The predicted octanol–water partition coefficient (Wildman–Crippen LogP) is 1.83. The van der Waals surface area contributed by atoms with Gasteiger partial charge < -0.3 is 14.8 Å². The number of likely N-dealkylation sites (N-methyl/N-ethyl adjacent to an activating group) is 1. The standard InChI is InChI=1S/C14H21NO3/c1-10-5-6-11(2)13(9-10)18-8-7-12(15-3)14(16)17-4/h5-6,9,12,15H,7-8H2,1-4H3. The normalized spacial score (nSPS) is 12.0. The Morgan fingerprint density at radius 1 is 1.39 bits per heavy atom. The minimum absolute atomic E-state index is 0.262. The van der Waals surface area contributed by atoms with Crippen LogP contribution in [0.5, 0.6) is 5.75 Å². The molecule has 100 valence electrons. The summed E-state index contributed by atoms with van der Waals surface area (Å²) in [4.78, 5) is 11.4. The Labute approximate surface area is 108 Å². The molecule has 0 aliphatic carbocycles. The number of nitrogens with one attached hydrogen (secondary N) is 1. The summed E-state index contributed by atoms with van der Waals surface area (Å²) in [6.07, 6.45) is 0.580. The zero-order valence-corrected chi connectivity index (χ0v) is 11.4. The SMILES string of the molecule is CNC(CCOc1cc(C)ccc1C)C(=O)OC. The summed E-state index contributed by atoms with van der Waals surface area (Å²) in [5.74, 6) is 0.608. The van der Waals surface area contributed by atoms with Crippen LogP contribution in [-0.2, 0) is 9.53 Å². The third kappa shape index (κ3) is 4.04. The van der Waals surface area contributed by atoms with E-state index in [1.54, 1.807) is 7.05 Å². The van der Waals surface area contributed by atoms with Gasteiger partial charge in [0.25, 0.3) is 0 Å². The molecular weight excluding hydrogens is 230 g/mol. The predicted molar refractivity (Wildman–Crippen MR) is 70.9 cm³/mol. The number of aryl methyl sites for hydroxylation is 2. The van der Waals surface area contributed by atoms with Gasteiger partial charge in [-0.2, -0.15) is 0 Å². The van der Waals surface area contributed by atoms with Crippen molar-refractivity contribution in [3.63, 3.8) is 0 Å². The molecule has 1 aromatic carbocycles. The van der Waals surface area contributed by atoms with Gasteiger partial charge in [-0.05, 0) is 38.1 Å². The number of hydrogen-bond acceptors (Lipinski definition) is 4. The number of esters is 1. The van der Waals surface area contributed by atoms with Gasteiger partial charge in [0.1, 0.15) is 11.8 Å². The maximum atomic E-state index is 11.4. The number of benzene rings is 1. The first-order valence-electron chi connectivity index (χ1n) is 6.03. The Balaban J connectivity index is 2.50. The van der Waals surface area contributed by atoms with Crippen molar-refractivity contribution in [1.82, 2.24) is 5.32 Å². The Morgan fingerprint density at radius 3 is 2.72 bits per heavy atom. The molecule has 0 saturated carbocycles. The van der Waals surface area contributed by atoms with Crippen molar-refractivity contribution in [3.05, 3.63) is 29.3 Å². The second-order valence-electron chi connectivity index (χ2n) is 4.27. The Kier molecular flexibility index (Phi) is 5.65. The average molecular weight is 251 g/mol. The van der Waals surface area contributed by atoms with E-state index in [0.29, 0.717) is 13.0 Å². The first kappa shape index (κ1) is 14.5. The van der Waals surface area contributed by atoms with Gasteiger partial charge in [-0.15, -0.1) is 0 Å². The zero-order valence-electron chi connectivity index (χ0n) is 11.4. The third-order valence-corrected chi connectivity index (χ3v) is 2.84. The minimum Gasteiger partial charge on any atom is -0.493 e. The van der Waals surface area contributed by atoms with Gasteiger partial charge in [-0.1, -0.05) is 12.1 Å². The largest absolute Gasteiger partial charge is 0.493 e. The van der Waals surface area contributed by atoms with Crippen molar-refractivity contribution in [2.45, 2.75) is 26.3 Å². The molecule has 0 fully saturated rings. The molecule has 1 atom stereocenters. The molecule has 0 aliphatic rings. The molecule has 0 amide bonds. The fourth-order valence-electron chi connectivity index (χ4n) is 1.67. The lowest BCUT2D eigenvalue weighted by atomic mass is 10.1. The quantitative estimate of drug-likeness (QED) is 0.784. The third-order valence-electron chi connectivity index (χ3n) is 2.84. The van der Waals surface area contributed by atoms with E-state index in [0.717, 1.165) is 16.9 Å². The molecule has 0 aliphatic heterocycles. The maximum absolute atomic E-state index is 11.4. The fourth-order valence-corrected chi connectivity index (χ4v) is 1.67. The van der Waals surface area contributed by atoms with Crippen LogP contribution in [0.1, 0.15) is 17.5 Å². The molecule has 0 bridgehead atoms. The van der Waals surface area contributed by atoms with E-state index in [9.17, 15) is 4.79 Å². The molecule has 18 heavy (non-hydrogen) atoms. The second kappa shape index (κ2) is 7.01. The van der Waals surface area contributed by atoms with Crippen molar-refractivity contribution in [2.24, 2.45) is 0 Å². The van der Waals surface area contributed by atoms with Crippen LogP contribution >= 0.6 is 0 Å². The molecule has 1 unspecified atom stereocenters. The zero-order chi connectivity index (χ0) is 13.5. The van der Waals surface area contributed by atoms with Crippen LogP contribution in [0, 0.1) is 13.8 Å². The number of rotatable bonds is 6. The summed E-state index contributed by atoms with van der Waals surface area (Å²) in [5.41, 5.74) is 2.26. The molecule has 0 saturated heterocycles. The lowest BCUT2D eigenvalue weighted by Gasteiger charge is -2.15. The molecule has 1 aromatic rings. The van der Waals surface area contributed by atoms with Crippen LogP contribution in [0.2, 0.25) is 0 Å². The van der Waals surface area contributed by atoms with Crippen LogP contribution < -0.4 is 10.1 Å². The van der Waals surface area contributed by atoms with Crippen LogP contribution in [0.3, 0.4) is 0 Å². The molecular formula is C14H21NO3. The fraction of sp³-hybridized carbons (Fsp3) is 0.500. The van der Waals surface area contributed by atoms with Crippen LogP contribution in [0.25, 0.3) is 0 Å². The first-order chi connectivity index (χ1) is 8.58. The minimum atomic E-state index is -0.319. The number of ether oxygens (including phenoxy) is 2. The van der Waals surface area contributed by atoms with E-state index in [1.165, 1.54) is 7.11 Å². The van der Waals surface area contributed by atoms with E-state index in [4.69, 9.17) is 9.47 Å². The van der Waals surface area contributed by atoms with Gasteiger partial charge in [0.2, 0.25) is 0 Å². The van der Waals surface area contributed by atoms with Gasteiger partial charge in [0, 0.05) is 6.42 Å². The van der Waals surface area contributed by atoms with E-state index in [1.807, 2.05) is 32.0 Å². The average Bonchev–Trinajstić information content (AvgIpc) is 2.37. The molecule has 4 heteroatoms. The van der Waals surface area contributed by atoms with Crippen molar-refractivity contribution in [2.75, 3.05) is 20.8 Å². The Bertz CT molecular complexity index is 404. The van der Waals surface area contributed by atoms with Gasteiger partial charge in [-0.3, -0.25) is 4.79 Å². The van der Waals surface area contributed by atoms with E-state index >= 15 is 0 Å². The van der Waals surface area contributed by atoms with Gasteiger partial charge in [0.05, 0.1) is 13.7 Å². The van der Waals surface area contributed by atoms with Gasteiger partial charge in [0.15, 0.2) is 0 Å².